The Morgan fingerprint density at radius 2 is 1.90 bits per heavy atom. The van der Waals surface area contributed by atoms with E-state index in [0.717, 1.165) is 19.3 Å². The predicted octanol–water partition coefficient (Wildman–Crippen LogP) is 1.37. The van der Waals surface area contributed by atoms with E-state index in [0.29, 0.717) is 0 Å². The minimum Gasteiger partial charge on any atom is -0.478 e. The summed E-state index contributed by atoms with van der Waals surface area (Å²) < 4.78 is 26.8. The normalized spacial score (nSPS) is 24.8. The van der Waals surface area contributed by atoms with Gasteiger partial charge in [0.1, 0.15) is 5.56 Å². The lowest BCUT2D eigenvalue weighted by molar-refractivity contribution is 0.0691. The highest BCUT2D eigenvalue weighted by Gasteiger charge is 2.39. The first-order valence-corrected chi connectivity index (χ1v) is 8.02. The van der Waals surface area contributed by atoms with Crippen molar-refractivity contribution in [2.75, 3.05) is 0 Å². The highest BCUT2D eigenvalue weighted by atomic mass is 32.2. The summed E-state index contributed by atoms with van der Waals surface area (Å²) in [5.41, 5.74) is -0.0247. The molecule has 2 atom stereocenters. The molecule has 0 radical (unpaired) electrons. The van der Waals surface area contributed by atoms with Gasteiger partial charge in [0.05, 0.1) is 0 Å². The number of H-pyrrole nitrogens is 1. The van der Waals surface area contributed by atoms with Crippen molar-refractivity contribution < 1.29 is 18.3 Å². The van der Waals surface area contributed by atoms with Crippen LogP contribution in [0.4, 0.5) is 0 Å². The van der Waals surface area contributed by atoms with E-state index in [1.54, 1.807) is 0 Å². The Bertz CT molecular complexity index is 613. The average Bonchev–Trinajstić information content (AvgIpc) is 2.71. The van der Waals surface area contributed by atoms with Gasteiger partial charge in [0, 0.05) is 17.8 Å². The van der Waals surface area contributed by atoms with Crippen LogP contribution in [0.5, 0.6) is 0 Å². The van der Waals surface area contributed by atoms with Crippen LogP contribution in [0.15, 0.2) is 5.03 Å². The quantitative estimate of drug-likeness (QED) is 0.877. The van der Waals surface area contributed by atoms with Crippen molar-refractivity contribution >= 4 is 16.0 Å². The molecule has 20 heavy (non-hydrogen) atoms. The largest absolute Gasteiger partial charge is 0.478 e. The molecule has 1 aliphatic rings. The van der Waals surface area contributed by atoms with Gasteiger partial charge in [0.25, 0.3) is 10.0 Å². The van der Waals surface area contributed by atoms with Gasteiger partial charge in [-0.1, -0.05) is 6.42 Å². The Kier molecular flexibility index (Phi) is 3.88. The molecule has 1 fully saturated rings. The fraction of sp³-hybridized carbons (Fsp3) is 0.667. The maximum atomic E-state index is 12.7. The Labute approximate surface area is 118 Å². The third kappa shape index (κ3) is 2.33. The maximum Gasteiger partial charge on any atom is 0.340 e. The lowest BCUT2D eigenvalue weighted by Gasteiger charge is -2.37. The predicted molar refractivity (Wildman–Crippen MR) is 72.1 cm³/mol. The standard InChI is InChI=1S/C12H19N3O4S/c1-7-5-4-6-8(2)15(7)20(18,19)11-10(12(16)17)9(3)13-14-11/h7-8H,4-6H2,1-3H3,(H,13,14)(H,16,17)/t7-,8+. The van der Waals surface area contributed by atoms with Crippen molar-refractivity contribution in [1.82, 2.24) is 14.5 Å². The minimum atomic E-state index is -3.91. The smallest absolute Gasteiger partial charge is 0.340 e. The molecular weight excluding hydrogens is 282 g/mol. The molecule has 2 rings (SSSR count). The summed E-state index contributed by atoms with van der Waals surface area (Å²) in [6.45, 7) is 5.18. The lowest BCUT2D eigenvalue weighted by atomic mass is 10.0. The number of hydrogen-bond acceptors (Lipinski definition) is 4. The number of aromatic nitrogens is 2. The van der Waals surface area contributed by atoms with E-state index in [1.165, 1.54) is 11.2 Å². The summed E-state index contributed by atoms with van der Waals surface area (Å²) in [5.74, 6) is -1.29. The molecule has 0 bridgehead atoms. The number of aryl methyl sites for hydroxylation is 1. The van der Waals surface area contributed by atoms with Crippen LogP contribution in [0, 0.1) is 6.92 Å². The van der Waals surface area contributed by atoms with Crippen LogP contribution in [0.25, 0.3) is 0 Å². The van der Waals surface area contributed by atoms with E-state index >= 15 is 0 Å². The number of hydrogen-bond donors (Lipinski definition) is 2. The molecule has 0 amide bonds. The number of carbonyl (C=O) groups is 1. The number of nitrogens with zero attached hydrogens (tertiary/aromatic N) is 2. The van der Waals surface area contributed by atoms with Gasteiger partial charge >= 0.3 is 5.97 Å². The van der Waals surface area contributed by atoms with Crippen LogP contribution in [-0.4, -0.2) is 46.1 Å². The van der Waals surface area contributed by atoms with Crippen LogP contribution >= 0.6 is 0 Å². The Morgan fingerprint density at radius 1 is 1.35 bits per heavy atom. The number of piperidine rings is 1. The second-order valence-electron chi connectivity index (χ2n) is 5.30. The molecule has 1 aromatic heterocycles. The van der Waals surface area contributed by atoms with Gasteiger partial charge in [0.2, 0.25) is 5.03 Å². The molecule has 1 saturated heterocycles. The first-order valence-electron chi connectivity index (χ1n) is 6.58. The first-order chi connectivity index (χ1) is 9.26. The number of rotatable bonds is 3. The topological polar surface area (TPSA) is 103 Å². The molecule has 0 unspecified atom stereocenters. The summed E-state index contributed by atoms with van der Waals surface area (Å²) in [7, 11) is -3.91. The average molecular weight is 301 g/mol. The van der Waals surface area contributed by atoms with Crippen molar-refractivity contribution in [3.8, 4) is 0 Å². The molecule has 8 heteroatoms. The maximum absolute atomic E-state index is 12.7. The Morgan fingerprint density at radius 3 is 2.40 bits per heavy atom. The van der Waals surface area contributed by atoms with Crippen LogP contribution < -0.4 is 0 Å². The first kappa shape index (κ1) is 15.0. The summed E-state index contributed by atoms with van der Waals surface area (Å²) in [4.78, 5) is 11.3. The van der Waals surface area contributed by atoms with Crippen LogP contribution in [0.1, 0.15) is 49.2 Å². The molecule has 2 heterocycles. The zero-order valence-electron chi connectivity index (χ0n) is 11.8. The van der Waals surface area contributed by atoms with Gasteiger partial charge in [0.15, 0.2) is 0 Å². The Balaban J connectivity index is 2.53. The van der Waals surface area contributed by atoms with Crippen molar-refractivity contribution in [2.45, 2.75) is 57.1 Å². The van der Waals surface area contributed by atoms with Crippen LogP contribution in [0.3, 0.4) is 0 Å². The molecule has 112 valence electrons. The summed E-state index contributed by atoms with van der Waals surface area (Å²) in [6.07, 6.45) is 2.52. The van der Waals surface area contributed by atoms with Crippen molar-refractivity contribution in [2.24, 2.45) is 0 Å². The molecule has 0 aliphatic carbocycles. The van der Waals surface area contributed by atoms with E-state index in [-0.39, 0.29) is 28.4 Å². The van der Waals surface area contributed by atoms with E-state index in [1.807, 2.05) is 13.8 Å². The van der Waals surface area contributed by atoms with E-state index in [9.17, 15) is 18.3 Å². The van der Waals surface area contributed by atoms with Gasteiger partial charge in [-0.25, -0.2) is 13.2 Å². The fourth-order valence-corrected chi connectivity index (χ4v) is 4.83. The highest BCUT2D eigenvalue weighted by Crippen LogP contribution is 2.30. The van der Waals surface area contributed by atoms with E-state index in [2.05, 4.69) is 10.2 Å². The number of aromatic amines is 1. The van der Waals surface area contributed by atoms with Gasteiger partial charge in [-0.2, -0.15) is 9.40 Å². The molecule has 1 aliphatic heterocycles. The van der Waals surface area contributed by atoms with Crippen molar-refractivity contribution in [3.05, 3.63) is 11.3 Å². The number of carboxylic acid groups (broad SMARTS) is 1. The minimum absolute atomic E-state index is 0.151. The number of nitrogens with one attached hydrogen (secondary N) is 1. The molecule has 0 spiro atoms. The van der Waals surface area contributed by atoms with Gasteiger partial charge in [-0.05, 0) is 33.6 Å². The summed E-state index contributed by atoms with van der Waals surface area (Å²) in [5, 5.41) is 15.0. The third-order valence-electron chi connectivity index (χ3n) is 3.76. The number of sulfonamides is 1. The molecular formula is C12H19N3O4S. The molecule has 0 saturated carbocycles. The van der Waals surface area contributed by atoms with Gasteiger partial charge in [-0.3, -0.25) is 5.10 Å². The third-order valence-corrected chi connectivity index (χ3v) is 5.82. The molecule has 0 aromatic carbocycles. The SMILES string of the molecule is Cc1[nH]nc(S(=O)(=O)N2[C@H](C)CCC[C@@H]2C)c1C(=O)O. The Hall–Kier alpha value is -1.41. The fourth-order valence-electron chi connectivity index (χ4n) is 2.82. The number of carboxylic acids is 1. The molecule has 2 N–H and O–H groups in total. The zero-order chi connectivity index (χ0) is 15.1. The lowest BCUT2D eigenvalue weighted by Crippen LogP contribution is -2.47. The van der Waals surface area contributed by atoms with E-state index < -0.39 is 16.0 Å². The second-order valence-corrected chi connectivity index (χ2v) is 7.06. The van der Waals surface area contributed by atoms with Crippen molar-refractivity contribution in [1.29, 1.82) is 0 Å². The van der Waals surface area contributed by atoms with Gasteiger partial charge < -0.3 is 5.11 Å². The van der Waals surface area contributed by atoms with Crippen molar-refractivity contribution in [3.63, 3.8) is 0 Å². The van der Waals surface area contributed by atoms with Crippen LogP contribution in [0.2, 0.25) is 0 Å². The monoisotopic (exact) mass is 301 g/mol. The summed E-state index contributed by atoms with van der Waals surface area (Å²) in [6, 6.07) is -0.301. The molecule has 1 aromatic rings. The molecule has 7 nitrogen and oxygen atoms in total. The number of aromatic carboxylic acids is 1. The van der Waals surface area contributed by atoms with Crippen LogP contribution in [-0.2, 0) is 10.0 Å². The zero-order valence-corrected chi connectivity index (χ0v) is 12.6. The highest BCUT2D eigenvalue weighted by molar-refractivity contribution is 7.89. The summed E-state index contributed by atoms with van der Waals surface area (Å²) >= 11 is 0. The van der Waals surface area contributed by atoms with E-state index in [4.69, 9.17) is 0 Å². The van der Waals surface area contributed by atoms with Gasteiger partial charge in [-0.15, -0.1) is 0 Å². The second kappa shape index (κ2) is 5.17.